The van der Waals surface area contributed by atoms with Crippen LogP contribution in [0.5, 0.6) is 0 Å². The molecule has 2 aliphatic heterocycles. The number of piperidine rings is 1. The number of anilines is 1. The molecule has 0 aliphatic carbocycles. The number of nitrogens with zero attached hydrogens (tertiary/aromatic N) is 3. The van der Waals surface area contributed by atoms with Crippen molar-refractivity contribution in [3.05, 3.63) is 30.3 Å². The molecule has 0 bridgehead atoms. The number of amides is 2. The summed E-state index contributed by atoms with van der Waals surface area (Å²) in [6, 6.07) is 10.8. The summed E-state index contributed by atoms with van der Waals surface area (Å²) in [5, 5.41) is 13.1. The maximum absolute atomic E-state index is 12.5. The van der Waals surface area contributed by atoms with Crippen LogP contribution >= 0.6 is 0 Å². The number of carbonyl (C=O) groups excluding carboxylic acids is 1. The van der Waals surface area contributed by atoms with E-state index in [0.29, 0.717) is 6.54 Å². The van der Waals surface area contributed by atoms with Gasteiger partial charge in [-0.25, -0.2) is 4.79 Å². The fourth-order valence-electron chi connectivity index (χ4n) is 3.84. The number of hydrogen-bond donors (Lipinski definition) is 2. The molecule has 26 heavy (non-hydrogen) atoms. The van der Waals surface area contributed by atoms with Gasteiger partial charge in [0.05, 0.1) is 5.60 Å². The minimum Gasteiger partial charge on any atom is -0.389 e. The van der Waals surface area contributed by atoms with Crippen molar-refractivity contribution in [3.63, 3.8) is 0 Å². The molecule has 2 fully saturated rings. The summed E-state index contributed by atoms with van der Waals surface area (Å²) in [7, 11) is 0. The van der Waals surface area contributed by atoms with Gasteiger partial charge in [0.1, 0.15) is 0 Å². The number of carbonyl (C=O) groups is 1. The molecule has 6 nitrogen and oxygen atoms in total. The average Bonchev–Trinajstić information content (AvgIpc) is 2.62. The third kappa shape index (κ3) is 5.35. The Bertz CT molecular complexity index is 571. The lowest BCUT2D eigenvalue weighted by Gasteiger charge is -2.39. The van der Waals surface area contributed by atoms with Crippen molar-refractivity contribution in [2.24, 2.45) is 0 Å². The second-order valence-electron chi connectivity index (χ2n) is 8.12. The number of benzene rings is 1. The van der Waals surface area contributed by atoms with Gasteiger partial charge in [-0.05, 0) is 38.8 Å². The zero-order chi connectivity index (χ0) is 18.6. The minimum absolute atomic E-state index is 0.0612. The van der Waals surface area contributed by atoms with Crippen LogP contribution in [0.2, 0.25) is 0 Å². The molecule has 2 aliphatic rings. The highest BCUT2D eigenvalue weighted by molar-refractivity contribution is 5.74. The third-order valence-corrected chi connectivity index (χ3v) is 5.21. The van der Waals surface area contributed by atoms with Crippen LogP contribution in [0.4, 0.5) is 10.5 Å². The van der Waals surface area contributed by atoms with E-state index in [1.807, 2.05) is 24.8 Å². The molecule has 0 spiro atoms. The van der Waals surface area contributed by atoms with Gasteiger partial charge < -0.3 is 20.2 Å². The predicted molar refractivity (Wildman–Crippen MR) is 105 cm³/mol. The lowest BCUT2D eigenvalue weighted by atomic mass is 10.0. The van der Waals surface area contributed by atoms with Gasteiger partial charge in [0.15, 0.2) is 0 Å². The topological polar surface area (TPSA) is 59.1 Å². The summed E-state index contributed by atoms with van der Waals surface area (Å²) >= 11 is 0. The number of aliphatic hydroxyl groups is 1. The summed E-state index contributed by atoms with van der Waals surface area (Å²) in [4.78, 5) is 19.1. The first-order chi connectivity index (χ1) is 12.4. The second-order valence-corrected chi connectivity index (χ2v) is 8.12. The van der Waals surface area contributed by atoms with Crippen LogP contribution in [0.15, 0.2) is 30.3 Å². The summed E-state index contributed by atoms with van der Waals surface area (Å²) in [6.45, 7) is 9.37. The first kappa shape index (κ1) is 19.0. The molecule has 2 N–H and O–H groups in total. The summed E-state index contributed by atoms with van der Waals surface area (Å²) < 4.78 is 0. The van der Waals surface area contributed by atoms with Crippen LogP contribution in [0.25, 0.3) is 0 Å². The van der Waals surface area contributed by atoms with Crippen molar-refractivity contribution in [3.8, 4) is 0 Å². The van der Waals surface area contributed by atoms with E-state index in [1.165, 1.54) is 5.69 Å². The van der Waals surface area contributed by atoms with E-state index in [4.69, 9.17) is 0 Å². The monoisotopic (exact) mass is 360 g/mol. The number of piperazine rings is 1. The Balaban J connectivity index is 1.40. The molecule has 144 valence electrons. The lowest BCUT2D eigenvalue weighted by molar-refractivity contribution is 0.0223. The highest BCUT2D eigenvalue weighted by Crippen LogP contribution is 2.19. The van der Waals surface area contributed by atoms with Gasteiger partial charge in [-0.15, -0.1) is 0 Å². The normalized spacial score (nSPS) is 20.3. The molecule has 0 aromatic heterocycles. The second kappa shape index (κ2) is 8.27. The molecule has 0 saturated carbocycles. The quantitative estimate of drug-likeness (QED) is 0.859. The highest BCUT2D eigenvalue weighted by atomic mass is 16.3. The van der Waals surface area contributed by atoms with Gasteiger partial charge in [-0.3, -0.25) is 4.90 Å². The molecule has 2 saturated heterocycles. The van der Waals surface area contributed by atoms with Crippen molar-refractivity contribution in [1.29, 1.82) is 0 Å². The van der Waals surface area contributed by atoms with Crippen molar-refractivity contribution in [1.82, 2.24) is 15.1 Å². The van der Waals surface area contributed by atoms with Crippen LogP contribution in [0.3, 0.4) is 0 Å². The molecule has 2 amide bonds. The molecule has 1 aromatic rings. The number of β-amino-alcohol motifs (C(OH)–C–C–N with tert-alkyl or cyclic N) is 1. The van der Waals surface area contributed by atoms with Crippen molar-refractivity contribution < 1.29 is 9.90 Å². The first-order valence-electron chi connectivity index (χ1n) is 9.71. The largest absolute Gasteiger partial charge is 0.389 e. The van der Waals surface area contributed by atoms with E-state index in [2.05, 4.69) is 39.4 Å². The van der Waals surface area contributed by atoms with Gasteiger partial charge in [-0.2, -0.15) is 0 Å². The van der Waals surface area contributed by atoms with Crippen molar-refractivity contribution >= 4 is 11.7 Å². The fraction of sp³-hybridized carbons (Fsp3) is 0.650. The number of hydrogen-bond acceptors (Lipinski definition) is 4. The average molecular weight is 361 g/mol. The highest BCUT2D eigenvalue weighted by Gasteiger charge is 2.27. The SMILES string of the molecule is CC(C)(O)CN1CCN(C(=O)NC2CCN(c3ccccc3)CC2)CC1. The van der Waals surface area contributed by atoms with Gasteiger partial charge in [0.25, 0.3) is 0 Å². The summed E-state index contributed by atoms with van der Waals surface area (Å²) in [5.74, 6) is 0. The number of nitrogens with one attached hydrogen (secondary N) is 1. The maximum atomic E-state index is 12.5. The summed E-state index contributed by atoms with van der Waals surface area (Å²) in [5.41, 5.74) is 0.581. The van der Waals surface area contributed by atoms with Crippen molar-refractivity contribution in [2.75, 3.05) is 50.7 Å². The van der Waals surface area contributed by atoms with E-state index in [-0.39, 0.29) is 12.1 Å². The fourth-order valence-corrected chi connectivity index (χ4v) is 3.84. The molecule has 1 aromatic carbocycles. The van der Waals surface area contributed by atoms with Crippen LogP contribution in [-0.2, 0) is 0 Å². The molecule has 0 radical (unpaired) electrons. The molecular weight excluding hydrogens is 328 g/mol. The molecule has 2 heterocycles. The van der Waals surface area contributed by atoms with E-state index in [1.54, 1.807) is 0 Å². The Morgan fingerprint density at radius 2 is 1.69 bits per heavy atom. The molecule has 6 heteroatoms. The predicted octanol–water partition coefficient (Wildman–Crippen LogP) is 1.75. The Morgan fingerprint density at radius 1 is 1.08 bits per heavy atom. The number of para-hydroxylation sites is 1. The maximum Gasteiger partial charge on any atom is 0.317 e. The van der Waals surface area contributed by atoms with Crippen LogP contribution in [0, 0.1) is 0 Å². The first-order valence-corrected chi connectivity index (χ1v) is 9.71. The number of rotatable bonds is 4. The van der Waals surface area contributed by atoms with E-state index in [9.17, 15) is 9.90 Å². The Labute approximate surface area is 156 Å². The molecular formula is C20H32N4O2. The Hall–Kier alpha value is -1.79. The Morgan fingerprint density at radius 3 is 2.27 bits per heavy atom. The zero-order valence-electron chi connectivity index (χ0n) is 16.0. The zero-order valence-corrected chi connectivity index (χ0v) is 16.0. The smallest absolute Gasteiger partial charge is 0.317 e. The Kier molecular flexibility index (Phi) is 6.04. The van der Waals surface area contributed by atoms with Crippen molar-refractivity contribution in [2.45, 2.75) is 38.3 Å². The van der Waals surface area contributed by atoms with E-state index in [0.717, 1.165) is 52.1 Å². The van der Waals surface area contributed by atoms with E-state index < -0.39 is 5.60 Å². The number of urea groups is 1. The van der Waals surface area contributed by atoms with E-state index >= 15 is 0 Å². The molecule has 3 rings (SSSR count). The van der Waals surface area contributed by atoms with Gasteiger partial charge in [0.2, 0.25) is 0 Å². The standard InChI is InChI=1S/C20H32N4O2/c1-20(2,26)16-22-12-14-24(15-13-22)19(25)21-17-8-10-23(11-9-17)18-6-4-3-5-7-18/h3-7,17,26H,8-16H2,1-2H3,(H,21,25). The van der Waals surface area contributed by atoms with Gasteiger partial charge in [-0.1, -0.05) is 18.2 Å². The lowest BCUT2D eigenvalue weighted by Crippen LogP contribution is -2.56. The van der Waals surface area contributed by atoms with Crippen LogP contribution in [0.1, 0.15) is 26.7 Å². The van der Waals surface area contributed by atoms with Gasteiger partial charge in [0, 0.05) is 57.5 Å². The third-order valence-electron chi connectivity index (χ3n) is 5.21. The molecule has 0 unspecified atom stereocenters. The van der Waals surface area contributed by atoms with Gasteiger partial charge >= 0.3 is 6.03 Å². The summed E-state index contributed by atoms with van der Waals surface area (Å²) in [6.07, 6.45) is 1.97. The molecule has 0 atom stereocenters. The minimum atomic E-state index is -0.683. The van der Waals surface area contributed by atoms with Crippen LogP contribution < -0.4 is 10.2 Å². The van der Waals surface area contributed by atoms with Crippen LogP contribution in [-0.4, -0.2) is 78.4 Å².